The number of fused-ring (bicyclic) bond motifs is 3. The maximum absolute atomic E-state index is 14.0. The zero-order valence-electron chi connectivity index (χ0n) is 44.2. The van der Waals surface area contributed by atoms with Crippen LogP contribution in [0.15, 0.2) is 103 Å². The van der Waals surface area contributed by atoms with Crippen molar-refractivity contribution in [1.29, 1.82) is 0 Å². The third-order valence-corrected chi connectivity index (χ3v) is 14.7. The first-order valence-corrected chi connectivity index (χ1v) is 25.9. The van der Waals surface area contributed by atoms with Gasteiger partial charge >= 0.3 is 5.97 Å². The molecule has 6 aromatic rings. The largest absolute Gasteiger partial charge is 0.507 e. The Labute approximate surface area is 454 Å². The summed E-state index contributed by atoms with van der Waals surface area (Å²) < 4.78 is 33.1. The van der Waals surface area contributed by atoms with Crippen LogP contribution in [-0.2, 0) is 32.0 Å². The monoisotopic (exact) mass is 1090 g/mol. The van der Waals surface area contributed by atoms with Crippen molar-refractivity contribution >= 4 is 34.9 Å². The highest BCUT2D eigenvalue weighted by Crippen LogP contribution is 2.53. The fourth-order valence-corrected chi connectivity index (χ4v) is 10.9. The fourth-order valence-electron chi connectivity index (χ4n) is 10.9. The van der Waals surface area contributed by atoms with Gasteiger partial charge in [0.25, 0.3) is 5.91 Å². The molecule has 2 heterocycles. The van der Waals surface area contributed by atoms with E-state index in [0.29, 0.717) is 28.1 Å². The summed E-state index contributed by atoms with van der Waals surface area (Å²) in [5.41, 5.74) is 7.75. The highest BCUT2D eigenvalue weighted by molar-refractivity contribution is 6.31. The third kappa shape index (κ3) is 11.7. The molecule has 0 spiro atoms. The van der Waals surface area contributed by atoms with E-state index in [1.807, 2.05) is 79.1 Å². The molecule has 1 saturated heterocycles. The number of nitrogens with two attached hydrogens (primary N) is 1. The molecule has 416 valence electrons. The van der Waals surface area contributed by atoms with Crippen LogP contribution in [0.3, 0.4) is 0 Å². The van der Waals surface area contributed by atoms with Gasteiger partial charge in [-0.1, -0.05) is 74.5 Å². The predicted octanol–water partition coefficient (Wildman–Crippen LogP) is 7.34. The number of aliphatic carboxylic acids is 1. The Hall–Kier alpha value is -7.62. The average Bonchev–Trinajstić information content (AvgIpc) is 3.90. The number of rotatable bonds is 16. The van der Waals surface area contributed by atoms with E-state index in [4.69, 9.17) is 25.1 Å². The van der Waals surface area contributed by atoms with E-state index in [9.17, 15) is 59.0 Å². The van der Waals surface area contributed by atoms with Crippen LogP contribution >= 0.6 is 0 Å². The van der Waals surface area contributed by atoms with Gasteiger partial charge in [-0.3, -0.25) is 24.0 Å². The first-order valence-electron chi connectivity index (χ1n) is 25.9. The minimum Gasteiger partial charge on any atom is -0.507 e. The summed E-state index contributed by atoms with van der Waals surface area (Å²) in [6, 6.07) is 28.5. The fraction of sp³-hybridized carbons (Fsp3) is 0.350. The van der Waals surface area contributed by atoms with Crippen LogP contribution in [-0.4, -0.2) is 119 Å². The highest BCUT2D eigenvalue weighted by atomic mass is 19.1. The second-order valence-corrected chi connectivity index (χ2v) is 20.5. The summed E-state index contributed by atoms with van der Waals surface area (Å²) >= 11 is 0. The number of hydrogen-bond acceptors (Lipinski definition) is 15. The number of methoxy groups -OCH3 is 1. The first-order chi connectivity index (χ1) is 37.5. The summed E-state index contributed by atoms with van der Waals surface area (Å²) in [5.74, 6) is -5.11. The number of nitrogens with zero attached hydrogens (tertiary/aromatic N) is 1. The molecule has 0 unspecified atom stereocenters. The van der Waals surface area contributed by atoms with E-state index in [-0.39, 0.29) is 77.9 Å². The normalized spacial score (nSPS) is 21.2. The lowest BCUT2D eigenvalue weighted by Crippen LogP contribution is -2.52. The molecule has 1 amide bonds. The van der Waals surface area contributed by atoms with Crippen LogP contribution in [0.5, 0.6) is 17.2 Å². The van der Waals surface area contributed by atoms with Crippen LogP contribution in [0.2, 0.25) is 0 Å². The topological polar surface area (TPSA) is 298 Å². The molecule has 2 aliphatic carbocycles. The van der Waals surface area contributed by atoms with Gasteiger partial charge in [-0.2, -0.15) is 0 Å². The lowest BCUT2D eigenvalue weighted by molar-refractivity contribution is -0.247. The lowest BCUT2D eigenvalue weighted by Gasteiger charge is -2.42. The van der Waals surface area contributed by atoms with Crippen molar-refractivity contribution in [3.8, 4) is 39.6 Å². The number of carbonyl (C=O) groups excluding carboxylic acids is 4. The summed E-state index contributed by atoms with van der Waals surface area (Å²) in [6.45, 7) is 7.04. The number of aliphatic hydroxyl groups is 4. The van der Waals surface area contributed by atoms with Gasteiger partial charge in [-0.15, -0.1) is 0 Å². The second-order valence-electron chi connectivity index (χ2n) is 20.5. The molecular formula is C60H64FN3O15. The SMILES string of the molecule is CC(C)c1c(C(=O)Nc2ccccc2)c(-c2ccccc2)c(-c2ccc(F)cc2)n1CC[C@@H](O)C[C@@H](O)CC(=O)O.COc1cccc2c1C(=O)c1c(O)c3c(c(O)c1C2=O)C[C@@](O)(C(C)=O)C[C@@H]3O[C@H]1C[C@H](N)[C@H](O)[C@H](C)O1. The maximum Gasteiger partial charge on any atom is 0.305 e. The molecule has 0 bridgehead atoms. The number of aromatic nitrogens is 1. The van der Waals surface area contributed by atoms with Crippen molar-refractivity contribution in [3.05, 3.63) is 154 Å². The van der Waals surface area contributed by atoms with Gasteiger partial charge in [0.1, 0.15) is 28.7 Å². The number of benzene rings is 5. The molecule has 3 aliphatic rings. The minimum absolute atomic E-state index is 0.0147. The smallest absolute Gasteiger partial charge is 0.305 e. The molecule has 1 aliphatic heterocycles. The molecule has 9 rings (SSSR count). The van der Waals surface area contributed by atoms with Crippen LogP contribution < -0.4 is 15.8 Å². The van der Waals surface area contributed by atoms with E-state index in [2.05, 4.69) is 5.32 Å². The van der Waals surface area contributed by atoms with Crippen molar-refractivity contribution in [2.24, 2.45) is 5.73 Å². The van der Waals surface area contributed by atoms with Crippen molar-refractivity contribution in [2.45, 2.75) is 127 Å². The van der Waals surface area contributed by atoms with E-state index in [1.165, 1.54) is 44.4 Å². The second kappa shape index (κ2) is 23.8. The number of Topliss-reactive ketones (excluding diaryl/α,β-unsaturated/α-hetero) is 1. The van der Waals surface area contributed by atoms with Gasteiger partial charge in [0, 0.05) is 65.5 Å². The number of phenolic OH excluding ortho intramolecular Hbond substituents is 2. The standard InChI is InChI=1S/C33H35FN2O5.C27H29NO10/c1-21(2)31-30(33(41)35-25-11-7-4-8-12-25)29(22-9-5-3-6-10-22)32(23-13-15-24(34)16-14-23)36(31)18-17-26(37)19-27(38)20-28(39)40;1-10-22(30)14(28)7-17(37-10)38-16-9-27(35,11(2)29)8-13-19(16)26(34)21-20(24(13)32)23(31)12-5-4-6-15(36-3)18(12)25(21)33/h3-16,21,26-27,37-38H,17-20H2,1-2H3,(H,35,41)(H,39,40);4-6,10,14,16-17,22,30,32,34-35H,7-9,28H2,1-3H3/t26-,27-;10-,14-,16-,17-,22+,27-/m10/s1. The number of ketones is 3. The predicted molar refractivity (Wildman–Crippen MR) is 288 cm³/mol. The number of ether oxygens (including phenoxy) is 3. The molecule has 18 nitrogen and oxygen atoms in total. The number of amides is 1. The number of hydrogen-bond donors (Lipinski definition) is 9. The number of carbonyl (C=O) groups is 5. The van der Waals surface area contributed by atoms with E-state index in [0.717, 1.165) is 11.3 Å². The third-order valence-electron chi connectivity index (χ3n) is 14.7. The highest BCUT2D eigenvalue weighted by Gasteiger charge is 2.49. The Morgan fingerprint density at radius 1 is 0.861 bits per heavy atom. The molecular weight excluding hydrogens is 1020 g/mol. The molecule has 1 aromatic heterocycles. The summed E-state index contributed by atoms with van der Waals surface area (Å²) in [7, 11) is 1.34. The van der Waals surface area contributed by atoms with Gasteiger partial charge in [0.2, 0.25) is 5.78 Å². The van der Waals surface area contributed by atoms with Crippen molar-refractivity contribution in [1.82, 2.24) is 4.57 Å². The number of carboxylic acid groups (broad SMARTS) is 1. The number of halogens is 1. The van der Waals surface area contributed by atoms with Crippen LogP contribution in [0.25, 0.3) is 22.4 Å². The Balaban J connectivity index is 0.000000209. The molecule has 5 aromatic carbocycles. The zero-order valence-corrected chi connectivity index (χ0v) is 44.2. The zero-order chi connectivity index (χ0) is 57.2. The molecule has 8 atom stereocenters. The number of nitrogens with one attached hydrogen (secondary N) is 1. The Morgan fingerprint density at radius 2 is 1.51 bits per heavy atom. The number of aromatic hydroxyl groups is 2. The van der Waals surface area contributed by atoms with Gasteiger partial charge in [0.05, 0.1) is 72.0 Å². The van der Waals surface area contributed by atoms with Gasteiger partial charge < -0.3 is 65.6 Å². The lowest BCUT2D eigenvalue weighted by atomic mass is 9.72. The summed E-state index contributed by atoms with van der Waals surface area (Å²) in [6.07, 6.45) is -7.04. The van der Waals surface area contributed by atoms with E-state index < -0.39 is 107 Å². The number of aliphatic hydroxyl groups excluding tert-OH is 3. The molecule has 0 saturated carbocycles. The Morgan fingerprint density at radius 3 is 2.11 bits per heavy atom. The van der Waals surface area contributed by atoms with Gasteiger partial charge in [0.15, 0.2) is 17.9 Å². The van der Waals surface area contributed by atoms with Gasteiger partial charge in [-0.05, 0) is 86.2 Å². The summed E-state index contributed by atoms with van der Waals surface area (Å²) in [4.78, 5) is 64.6. The quantitative estimate of drug-likeness (QED) is 0.0428. The van der Waals surface area contributed by atoms with Crippen LogP contribution in [0.1, 0.15) is 131 Å². The number of phenols is 2. The van der Waals surface area contributed by atoms with E-state index >= 15 is 0 Å². The van der Waals surface area contributed by atoms with Gasteiger partial charge in [-0.25, -0.2) is 4.39 Å². The molecule has 1 fully saturated rings. The molecule has 0 radical (unpaired) electrons. The Kier molecular flexibility index (Phi) is 17.3. The van der Waals surface area contributed by atoms with Crippen LogP contribution in [0, 0.1) is 5.82 Å². The van der Waals surface area contributed by atoms with Crippen molar-refractivity contribution in [3.63, 3.8) is 0 Å². The maximum atomic E-state index is 14.0. The van der Waals surface area contributed by atoms with Crippen molar-refractivity contribution in [2.75, 3.05) is 12.4 Å². The van der Waals surface area contributed by atoms with Crippen LogP contribution in [0.4, 0.5) is 10.1 Å². The molecule has 79 heavy (non-hydrogen) atoms. The number of para-hydroxylation sites is 1. The number of carboxylic acids is 1. The minimum atomic E-state index is -2.00. The average molecular weight is 1090 g/mol. The van der Waals surface area contributed by atoms with Crippen molar-refractivity contribution < 1.29 is 78.3 Å². The summed E-state index contributed by atoms with van der Waals surface area (Å²) in [5, 5.41) is 76.9. The number of anilines is 1. The molecule has 10 N–H and O–H groups in total. The Bertz CT molecular complexity index is 3260. The van der Waals surface area contributed by atoms with E-state index in [1.54, 1.807) is 19.1 Å². The molecule has 19 heteroatoms. The first kappa shape index (κ1) is 57.6.